The molecule has 0 bridgehead atoms. The molecular weight excluding hydrogens is 294 g/mol. The fraction of sp³-hybridized carbons (Fsp3) is 0.286. The molecule has 0 spiro atoms. The van der Waals surface area contributed by atoms with E-state index in [0.717, 1.165) is 0 Å². The van der Waals surface area contributed by atoms with Crippen LogP contribution in [0.5, 0.6) is 0 Å². The lowest BCUT2D eigenvalue weighted by Gasteiger charge is -2.05. The van der Waals surface area contributed by atoms with E-state index in [0.29, 0.717) is 22.6 Å². The van der Waals surface area contributed by atoms with E-state index in [1.165, 1.54) is 24.3 Å². The van der Waals surface area contributed by atoms with Gasteiger partial charge in [-0.3, -0.25) is 0 Å². The number of carboxylic acids is 1. The lowest BCUT2D eigenvalue weighted by atomic mass is 10.1. The molecule has 6 nitrogen and oxygen atoms in total. The van der Waals surface area contributed by atoms with Crippen LogP contribution in [0.2, 0.25) is 0 Å². The summed E-state index contributed by atoms with van der Waals surface area (Å²) >= 11 is 0. The van der Waals surface area contributed by atoms with Crippen molar-refractivity contribution >= 4 is 15.8 Å². The molecule has 0 radical (unpaired) electrons. The van der Waals surface area contributed by atoms with E-state index in [-0.39, 0.29) is 17.1 Å². The molecule has 0 aliphatic carbocycles. The van der Waals surface area contributed by atoms with Gasteiger partial charge in [-0.2, -0.15) is 0 Å². The van der Waals surface area contributed by atoms with Gasteiger partial charge in [-0.1, -0.05) is 17.3 Å². The Morgan fingerprint density at radius 2 is 1.81 bits per heavy atom. The SMILES string of the molecule is Cc1noc(C)c1CS(=O)(=O)Cc1ccc(C(=O)O)cc1. The summed E-state index contributed by atoms with van der Waals surface area (Å²) in [6.45, 7) is 3.37. The Kier molecular flexibility index (Phi) is 4.13. The molecule has 0 aliphatic heterocycles. The monoisotopic (exact) mass is 309 g/mol. The Bertz CT molecular complexity index is 740. The van der Waals surface area contributed by atoms with Crippen LogP contribution in [0.3, 0.4) is 0 Å². The third kappa shape index (κ3) is 3.69. The molecule has 112 valence electrons. The first kappa shape index (κ1) is 15.2. The molecule has 0 aliphatic rings. The van der Waals surface area contributed by atoms with Crippen molar-refractivity contribution in [1.82, 2.24) is 5.16 Å². The van der Waals surface area contributed by atoms with Crippen LogP contribution < -0.4 is 0 Å². The molecule has 1 aromatic carbocycles. The summed E-state index contributed by atoms with van der Waals surface area (Å²) in [7, 11) is -3.38. The summed E-state index contributed by atoms with van der Waals surface area (Å²) in [6, 6.07) is 5.80. The first-order chi connectivity index (χ1) is 9.78. The third-order valence-electron chi connectivity index (χ3n) is 3.13. The van der Waals surface area contributed by atoms with Crippen molar-refractivity contribution in [3.8, 4) is 0 Å². The molecule has 7 heteroatoms. The predicted molar refractivity (Wildman–Crippen MR) is 75.7 cm³/mol. The van der Waals surface area contributed by atoms with Crippen molar-refractivity contribution in [2.24, 2.45) is 0 Å². The highest BCUT2D eigenvalue weighted by Gasteiger charge is 2.19. The minimum atomic E-state index is -3.38. The van der Waals surface area contributed by atoms with Crippen LogP contribution in [0.1, 0.15) is 32.9 Å². The van der Waals surface area contributed by atoms with E-state index >= 15 is 0 Å². The van der Waals surface area contributed by atoms with E-state index in [1.807, 2.05) is 0 Å². The van der Waals surface area contributed by atoms with Crippen molar-refractivity contribution < 1.29 is 22.8 Å². The van der Waals surface area contributed by atoms with Crippen LogP contribution in [0.4, 0.5) is 0 Å². The number of aryl methyl sites for hydroxylation is 2. The van der Waals surface area contributed by atoms with Crippen molar-refractivity contribution in [3.63, 3.8) is 0 Å². The first-order valence-corrected chi connectivity index (χ1v) is 8.05. The van der Waals surface area contributed by atoms with Gasteiger partial charge in [0.25, 0.3) is 0 Å². The Labute approximate surface area is 122 Å². The second-order valence-electron chi connectivity index (χ2n) is 4.84. The van der Waals surface area contributed by atoms with Gasteiger partial charge >= 0.3 is 5.97 Å². The highest BCUT2D eigenvalue weighted by Crippen LogP contribution is 2.18. The van der Waals surface area contributed by atoms with Crippen LogP contribution in [-0.2, 0) is 21.3 Å². The average molecular weight is 309 g/mol. The zero-order valence-electron chi connectivity index (χ0n) is 11.7. The summed E-state index contributed by atoms with van der Waals surface area (Å²) < 4.78 is 29.4. The van der Waals surface area contributed by atoms with Crippen molar-refractivity contribution in [2.45, 2.75) is 25.4 Å². The lowest BCUT2D eigenvalue weighted by Crippen LogP contribution is -2.09. The second-order valence-corrected chi connectivity index (χ2v) is 6.90. The fourth-order valence-corrected chi connectivity index (χ4v) is 3.63. The summed E-state index contributed by atoms with van der Waals surface area (Å²) in [4.78, 5) is 10.7. The fourth-order valence-electron chi connectivity index (χ4n) is 1.98. The van der Waals surface area contributed by atoms with Crippen LogP contribution in [0, 0.1) is 13.8 Å². The number of sulfone groups is 1. The maximum Gasteiger partial charge on any atom is 0.335 e. The number of carbonyl (C=O) groups is 1. The van der Waals surface area contributed by atoms with Crippen LogP contribution in [0.25, 0.3) is 0 Å². The molecule has 21 heavy (non-hydrogen) atoms. The van der Waals surface area contributed by atoms with Crippen molar-refractivity contribution in [1.29, 1.82) is 0 Å². The summed E-state index contributed by atoms with van der Waals surface area (Å²) in [5.41, 5.74) is 1.82. The molecule has 0 unspecified atom stereocenters. The number of nitrogens with zero attached hydrogens (tertiary/aromatic N) is 1. The standard InChI is InChI=1S/C14H15NO5S/c1-9-13(10(2)20-15-9)8-21(18,19)7-11-3-5-12(6-4-11)14(16)17/h3-6H,7-8H2,1-2H3,(H,16,17). The normalized spacial score (nSPS) is 11.5. The predicted octanol–water partition coefficient (Wildman–Crippen LogP) is 2.10. The van der Waals surface area contributed by atoms with E-state index < -0.39 is 15.8 Å². The van der Waals surface area contributed by atoms with Gasteiger partial charge in [0.05, 0.1) is 22.8 Å². The van der Waals surface area contributed by atoms with Gasteiger partial charge in [0, 0.05) is 5.56 Å². The highest BCUT2D eigenvalue weighted by atomic mass is 32.2. The topological polar surface area (TPSA) is 97.5 Å². The van der Waals surface area contributed by atoms with Crippen molar-refractivity contribution in [3.05, 3.63) is 52.4 Å². The van der Waals surface area contributed by atoms with Crippen molar-refractivity contribution in [2.75, 3.05) is 0 Å². The number of aromatic carboxylic acids is 1. The molecular formula is C14H15NO5S. The van der Waals surface area contributed by atoms with Gasteiger partial charge in [0.1, 0.15) is 5.76 Å². The molecule has 0 saturated carbocycles. The van der Waals surface area contributed by atoms with Gasteiger partial charge in [0.2, 0.25) is 0 Å². The zero-order chi connectivity index (χ0) is 15.6. The Morgan fingerprint density at radius 1 is 1.19 bits per heavy atom. The molecule has 0 amide bonds. The van der Waals surface area contributed by atoms with E-state index in [1.54, 1.807) is 13.8 Å². The summed E-state index contributed by atoms with van der Waals surface area (Å²) in [5, 5.41) is 12.5. The number of benzene rings is 1. The molecule has 2 aromatic rings. The van der Waals surface area contributed by atoms with Crippen LogP contribution >= 0.6 is 0 Å². The molecule has 0 fully saturated rings. The van der Waals surface area contributed by atoms with Crippen LogP contribution in [-0.4, -0.2) is 24.7 Å². The minimum Gasteiger partial charge on any atom is -0.478 e. The Balaban J connectivity index is 2.16. The summed E-state index contributed by atoms with van der Waals surface area (Å²) in [5.74, 6) is -0.844. The van der Waals surface area contributed by atoms with Gasteiger partial charge < -0.3 is 9.63 Å². The molecule has 1 aromatic heterocycles. The Morgan fingerprint density at radius 3 is 2.29 bits per heavy atom. The lowest BCUT2D eigenvalue weighted by molar-refractivity contribution is 0.0697. The third-order valence-corrected chi connectivity index (χ3v) is 4.63. The maximum absolute atomic E-state index is 12.2. The van der Waals surface area contributed by atoms with Crippen LogP contribution in [0.15, 0.2) is 28.8 Å². The van der Waals surface area contributed by atoms with Gasteiger partial charge in [-0.25, -0.2) is 13.2 Å². The zero-order valence-corrected chi connectivity index (χ0v) is 12.5. The second kappa shape index (κ2) is 5.69. The summed E-state index contributed by atoms with van der Waals surface area (Å²) in [6.07, 6.45) is 0. The van der Waals surface area contributed by atoms with E-state index in [9.17, 15) is 13.2 Å². The minimum absolute atomic E-state index is 0.127. The number of hydrogen-bond donors (Lipinski definition) is 1. The van der Waals surface area contributed by atoms with Gasteiger partial charge in [0.15, 0.2) is 9.84 Å². The average Bonchev–Trinajstić information content (AvgIpc) is 2.70. The molecule has 1 heterocycles. The number of hydrogen-bond acceptors (Lipinski definition) is 5. The molecule has 1 N–H and O–H groups in total. The maximum atomic E-state index is 12.2. The van der Waals surface area contributed by atoms with Gasteiger partial charge in [-0.05, 0) is 31.5 Å². The number of carboxylic acid groups (broad SMARTS) is 1. The first-order valence-electron chi connectivity index (χ1n) is 6.23. The Hall–Kier alpha value is -2.15. The van der Waals surface area contributed by atoms with E-state index in [2.05, 4.69) is 5.16 Å². The van der Waals surface area contributed by atoms with E-state index in [4.69, 9.17) is 9.63 Å². The van der Waals surface area contributed by atoms with Gasteiger partial charge in [-0.15, -0.1) is 0 Å². The molecule has 0 atom stereocenters. The highest BCUT2D eigenvalue weighted by molar-refractivity contribution is 7.89. The number of rotatable bonds is 5. The largest absolute Gasteiger partial charge is 0.478 e. The molecule has 2 rings (SSSR count). The quantitative estimate of drug-likeness (QED) is 0.908. The molecule has 0 saturated heterocycles. The number of aromatic nitrogens is 1. The smallest absolute Gasteiger partial charge is 0.335 e.